The van der Waals surface area contributed by atoms with Crippen LogP contribution in [0.2, 0.25) is 0 Å². The highest BCUT2D eigenvalue weighted by Gasteiger charge is 2.47. The molecule has 1 saturated heterocycles. The number of carbonyl (C=O) groups excluding carboxylic acids is 2. The van der Waals surface area contributed by atoms with Crippen molar-refractivity contribution < 1.29 is 38.7 Å². The first-order valence-electron chi connectivity index (χ1n) is 9.04. The molecule has 0 bridgehead atoms. The molecule has 0 aliphatic carbocycles. The lowest BCUT2D eigenvalue weighted by Gasteiger charge is -2.41. The van der Waals surface area contributed by atoms with Crippen molar-refractivity contribution in [2.45, 2.75) is 30.7 Å². The van der Waals surface area contributed by atoms with Crippen LogP contribution in [0.15, 0.2) is 60.7 Å². The molecule has 0 amide bonds. The Hall–Kier alpha value is -2.78. The number of rotatable bonds is 6. The third kappa shape index (κ3) is 4.99. The largest absolute Gasteiger partial charge is 0.459 e. The van der Waals surface area contributed by atoms with Gasteiger partial charge in [0.15, 0.2) is 12.4 Å². The number of methoxy groups -OCH3 is 1. The Morgan fingerprint density at radius 3 is 2.00 bits per heavy atom. The van der Waals surface area contributed by atoms with Gasteiger partial charge in [-0.2, -0.15) is 0 Å². The second kappa shape index (κ2) is 9.62. The zero-order valence-electron chi connectivity index (χ0n) is 15.7. The van der Waals surface area contributed by atoms with Crippen LogP contribution in [0.25, 0.3) is 0 Å². The number of benzene rings is 2. The third-order valence-corrected chi connectivity index (χ3v) is 4.51. The highest BCUT2D eigenvalue weighted by atomic mass is 16.7. The third-order valence-electron chi connectivity index (χ3n) is 4.51. The molecule has 5 atom stereocenters. The van der Waals surface area contributed by atoms with E-state index in [-0.39, 0.29) is 12.2 Å². The summed E-state index contributed by atoms with van der Waals surface area (Å²) in [6, 6.07) is 16.5. The van der Waals surface area contributed by atoms with Gasteiger partial charge < -0.3 is 29.2 Å². The molecule has 8 heteroatoms. The number of aliphatic hydroxyl groups excluding tert-OH is 2. The molecule has 29 heavy (non-hydrogen) atoms. The molecular weight excluding hydrogens is 380 g/mol. The molecule has 2 N–H and O–H groups in total. The predicted octanol–water partition coefficient (Wildman–Crippen LogP) is 1.16. The minimum atomic E-state index is -1.50. The van der Waals surface area contributed by atoms with Gasteiger partial charge in [-0.15, -0.1) is 0 Å². The maximum absolute atomic E-state index is 12.4. The van der Waals surface area contributed by atoms with Crippen LogP contribution in [0, 0.1) is 0 Å². The topological polar surface area (TPSA) is 112 Å². The summed E-state index contributed by atoms with van der Waals surface area (Å²) >= 11 is 0. The van der Waals surface area contributed by atoms with Gasteiger partial charge in [0.2, 0.25) is 0 Å². The van der Waals surface area contributed by atoms with Crippen LogP contribution >= 0.6 is 0 Å². The Labute approximate surface area is 167 Å². The Morgan fingerprint density at radius 2 is 1.45 bits per heavy atom. The first-order chi connectivity index (χ1) is 14.0. The van der Waals surface area contributed by atoms with E-state index in [0.717, 1.165) is 0 Å². The van der Waals surface area contributed by atoms with Crippen molar-refractivity contribution in [2.24, 2.45) is 0 Å². The summed E-state index contributed by atoms with van der Waals surface area (Å²) in [7, 11) is 1.30. The van der Waals surface area contributed by atoms with Gasteiger partial charge in [-0.1, -0.05) is 36.4 Å². The predicted molar refractivity (Wildman–Crippen MR) is 100 cm³/mol. The van der Waals surface area contributed by atoms with E-state index in [1.54, 1.807) is 60.7 Å². The van der Waals surface area contributed by atoms with E-state index in [1.165, 1.54) is 7.11 Å². The van der Waals surface area contributed by atoms with Crippen LogP contribution in [-0.4, -0.2) is 66.6 Å². The van der Waals surface area contributed by atoms with Crippen molar-refractivity contribution in [3.8, 4) is 0 Å². The summed E-state index contributed by atoms with van der Waals surface area (Å²) in [5.41, 5.74) is 0.605. The van der Waals surface area contributed by atoms with Crippen LogP contribution in [0.5, 0.6) is 0 Å². The zero-order chi connectivity index (χ0) is 20.8. The fourth-order valence-electron chi connectivity index (χ4n) is 2.96. The Morgan fingerprint density at radius 1 is 0.897 bits per heavy atom. The van der Waals surface area contributed by atoms with Crippen LogP contribution in [0.1, 0.15) is 20.7 Å². The highest BCUT2D eigenvalue weighted by molar-refractivity contribution is 5.90. The Bertz CT molecular complexity index is 810. The maximum atomic E-state index is 12.4. The quantitative estimate of drug-likeness (QED) is 0.693. The molecule has 0 spiro atoms. The molecule has 2 aromatic rings. The molecule has 0 unspecified atom stereocenters. The van der Waals surface area contributed by atoms with E-state index in [9.17, 15) is 19.8 Å². The number of hydrogen-bond donors (Lipinski definition) is 2. The Kier molecular flexibility index (Phi) is 6.95. The van der Waals surface area contributed by atoms with E-state index in [0.29, 0.717) is 5.56 Å². The number of aliphatic hydroxyl groups is 2. The highest BCUT2D eigenvalue weighted by Crippen LogP contribution is 2.25. The SMILES string of the molecule is CO[C@@H]1O[C@H](COC(=O)c2ccccc2)[C@@H](OC(=O)c2ccccc2)[C@@H](O)[C@H]1O. The molecule has 1 heterocycles. The average Bonchev–Trinajstić information content (AvgIpc) is 2.77. The molecule has 154 valence electrons. The fourth-order valence-corrected chi connectivity index (χ4v) is 2.96. The summed E-state index contributed by atoms with van der Waals surface area (Å²) in [6.07, 6.45) is -6.43. The van der Waals surface area contributed by atoms with Gasteiger partial charge >= 0.3 is 11.9 Å². The monoisotopic (exact) mass is 402 g/mol. The molecule has 1 aliphatic rings. The van der Waals surface area contributed by atoms with Crippen LogP contribution < -0.4 is 0 Å². The molecule has 1 aliphatic heterocycles. The van der Waals surface area contributed by atoms with Gasteiger partial charge in [-0.05, 0) is 24.3 Å². The van der Waals surface area contributed by atoms with Gasteiger partial charge in [0.25, 0.3) is 0 Å². The lowest BCUT2D eigenvalue weighted by atomic mass is 9.99. The molecule has 8 nitrogen and oxygen atoms in total. The van der Waals surface area contributed by atoms with Crippen LogP contribution in [-0.2, 0) is 18.9 Å². The summed E-state index contributed by atoms with van der Waals surface area (Å²) < 4.78 is 21.2. The lowest BCUT2D eigenvalue weighted by Crippen LogP contribution is -2.60. The van der Waals surface area contributed by atoms with E-state index >= 15 is 0 Å². The van der Waals surface area contributed by atoms with E-state index in [4.69, 9.17) is 18.9 Å². The number of carbonyl (C=O) groups is 2. The molecule has 2 aromatic carbocycles. The molecule has 1 fully saturated rings. The van der Waals surface area contributed by atoms with Crippen LogP contribution in [0.3, 0.4) is 0 Å². The van der Waals surface area contributed by atoms with Gasteiger partial charge in [0.1, 0.15) is 24.9 Å². The number of hydrogen-bond acceptors (Lipinski definition) is 8. The van der Waals surface area contributed by atoms with Gasteiger partial charge in [0.05, 0.1) is 11.1 Å². The second-order valence-corrected chi connectivity index (χ2v) is 6.46. The van der Waals surface area contributed by atoms with Crippen molar-refractivity contribution in [3.05, 3.63) is 71.8 Å². The van der Waals surface area contributed by atoms with E-state index < -0.39 is 42.6 Å². The standard InChI is InChI=1S/C21H22O8/c1-26-21-17(23)16(22)18(29-20(25)14-10-6-3-7-11-14)15(28-21)12-27-19(24)13-8-4-2-5-9-13/h2-11,15-18,21-23H,12H2,1H3/t15-,16+,17-,18-,21-/m1/s1. The number of esters is 2. The maximum Gasteiger partial charge on any atom is 0.338 e. The molecule has 0 radical (unpaired) electrons. The van der Waals surface area contributed by atoms with Gasteiger partial charge in [-0.3, -0.25) is 0 Å². The Balaban J connectivity index is 1.73. The smallest absolute Gasteiger partial charge is 0.338 e. The normalized spacial score (nSPS) is 26.5. The molecule has 0 saturated carbocycles. The molecule has 0 aromatic heterocycles. The molecular formula is C21H22O8. The van der Waals surface area contributed by atoms with Crippen LogP contribution in [0.4, 0.5) is 0 Å². The van der Waals surface area contributed by atoms with Crippen molar-refractivity contribution in [2.75, 3.05) is 13.7 Å². The van der Waals surface area contributed by atoms with Crippen molar-refractivity contribution in [1.82, 2.24) is 0 Å². The van der Waals surface area contributed by atoms with Crippen molar-refractivity contribution >= 4 is 11.9 Å². The zero-order valence-corrected chi connectivity index (χ0v) is 15.7. The van der Waals surface area contributed by atoms with E-state index in [2.05, 4.69) is 0 Å². The first kappa shape index (κ1) is 20.9. The summed E-state index contributed by atoms with van der Waals surface area (Å²) in [5.74, 6) is -1.31. The lowest BCUT2D eigenvalue weighted by molar-refractivity contribution is -0.293. The minimum Gasteiger partial charge on any atom is -0.459 e. The first-order valence-corrected chi connectivity index (χ1v) is 9.04. The number of ether oxygens (including phenoxy) is 4. The summed E-state index contributed by atoms with van der Waals surface area (Å²) in [4.78, 5) is 24.6. The minimum absolute atomic E-state index is 0.267. The van der Waals surface area contributed by atoms with Crippen molar-refractivity contribution in [1.29, 1.82) is 0 Å². The summed E-state index contributed by atoms with van der Waals surface area (Å²) in [5, 5.41) is 20.6. The summed E-state index contributed by atoms with van der Waals surface area (Å²) in [6.45, 7) is -0.315. The van der Waals surface area contributed by atoms with Gasteiger partial charge in [-0.25, -0.2) is 9.59 Å². The average molecular weight is 402 g/mol. The molecule has 3 rings (SSSR count). The second-order valence-electron chi connectivity index (χ2n) is 6.46. The van der Waals surface area contributed by atoms with Crippen molar-refractivity contribution in [3.63, 3.8) is 0 Å². The van der Waals surface area contributed by atoms with E-state index in [1.807, 2.05) is 0 Å². The fraction of sp³-hybridized carbons (Fsp3) is 0.333. The van der Waals surface area contributed by atoms with Gasteiger partial charge in [0, 0.05) is 7.11 Å².